The first kappa shape index (κ1) is 13.5. The molecule has 0 radical (unpaired) electrons. The van der Waals surface area contributed by atoms with Crippen molar-refractivity contribution in [3.63, 3.8) is 0 Å². The van der Waals surface area contributed by atoms with Crippen molar-refractivity contribution in [1.29, 1.82) is 0 Å². The van der Waals surface area contributed by atoms with Crippen LogP contribution in [-0.4, -0.2) is 72.7 Å². The Kier molecular flexibility index (Phi) is 4.00. The van der Waals surface area contributed by atoms with Gasteiger partial charge in [-0.15, -0.1) is 0 Å². The number of nitrogens with one attached hydrogen (secondary N) is 2. The van der Waals surface area contributed by atoms with Crippen LogP contribution in [0.5, 0.6) is 0 Å². The molecule has 0 atom stereocenters. The van der Waals surface area contributed by atoms with E-state index in [1.807, 2.05) is 6.92 Å². The Bertz CT molecular complexity index is 463. The summed E-state index contributed by atoms with van der Waals surface area (Å²) in [4.78, 5) is 16.6. The van der Waals surface area contributed by atoms with Gasteiger partial charge in [0.25, 0.3) is 0 Å². The molecule has 20 heavy (non-hydrogen) atoms. The largest absolute Gasteiger partial charge is 0.338 e. The standard InChI is InChI=1S/C13H21N5O2/c1-10-6-13(20-16-10)15-12(19)9-17-2-4-18(5-3-17)11-7-14-8-11/h6,11,14H,2-5,7-9H2,1H3,(H,15,19). The van der Waals surface area contributed by atoms with Crippen LogP contribution in [0.2, 0.25) is 0 Å². The van der Waals surface area contributed by atoms with E-state index >= 15 is 0 Å². The molecule has 3 heterocycles. The SMILES string of the molecule is Cc1cc(NC(=O)CN2CCN(C3CNC3)CC2)on1. The highest BCUT2D eigenvalue weighted by Crippen LogP contribution is 2.11. The van der Waals surface area contributed by atoms with Crippen LogP contribution >= 0.6 is 0 Å². The van der Waals surface area contributed by atoms with Crippen molar-refractivity contribution in [2.75, 3.05) is 51.1 Å². The third kappa shape index (κ3) is 3.17. The van der Waals surface area contributed by atoms with Gasteiger partial charge in [0.1, 0.15) is 0 Å². The third-order valence-corrected chi connectivity index (χ3v) is 3.94. The summed E-state index contributed by atoms with van der Waals surface area (Å²) in [5.41, 5.74) is 0.767. The quantitative estimate of drug-likeness (QED) is 0.775. The molecule has 7 heteroatoms. The second-order valence-electron chi connectivity index (χ2n) is 5.50. The fraction of sp³-hybridized carbons (Fsp3) is 0.692. The molecular formula is C13H21N5O2. The second-order valence-corrected chi connectivity index (χ2v) is 5.50. The molecule has 2 saturated heterocycles. The van der Waals surface area contributed by atoms with Gasteiger partial charge < -0.3 is 9.84 Å². The molecule has 0 spiro atoms. The molecule has 0 unspecified atom stereocenters. The average molecular weight is 279 g/mol. The monoisotopic (exact) mass is 279 g/mol. The number of piperazine rings is 1. The summed E-state index contributed by atoms with van der Waals surface area (Å²) in [6.45, 7) is 8.42. The molecule has 2 aliphatic heterocycles. The zero-order valence-electron chi connectivity index (χ0n) is 11.8. The van der Waals surface area contributed by atoms with Crippen LogP contribution < -0.4 is 10.6 Å². The molecule has 2 fully saturated rings. The van der Waals surface area contributed by atoms with Crippen LogP contribution in [0, 0.1) is 6.92 Å². The van der Waals surface area contributed by atoms with Crippen LogP contribution in [0.15, 0.2) is 10.6 Å². The summed E-state index contributed by atoms with van der Waals surface area (Å²) < 4.78 is 4.98. The van der Waals surface area contributed by atoms with Gasteiger partial charge in [-0.2, -0.15) is 0 Å². The van der Waals surface area contributed by atoms with Gasteiger partial charge in [0.05, 0.1) is 12.2 Å². The smallest absolute Gasteiger partial charge is 0.240 e. The predicted molar refractivity (Wildman–Crippen MR) is 74.5 cm³/mol. The van der Waals surface area contributed by atoms with E-state index in [0.717, 1.165) is 45.0 Å². The highest BCUT2D eigenvalue weighted by molar-refractivity contribution is 5.90. The fourth-order valence-electron chi connectivity index (χ4n) is 2.62. The molecule has 1 aromatic rings. The van der Waals surface area contributed by atoms with Gasteiger partial charge in [-0.3, -0.25) is 19.9 Å². The highest BCUT2D eigenvalue weighted by atomic mass is 16.5. The number of aryl methyl sites for hydroxylation is 1. The van der Waals surface area contributed by atoms with E-state index in [-0.39, 0.29) is 5.91 Å². The van der Waals surface area contributed by atoms with Gasteiger partial charge >= 0.3 is 0 Å². The summed E-state index contributed by atoms with van der Waals surface area (Å²) in [5.74, 6) is 0.381. The zero-order chi connectivity index (χ0) is 13.9. The Morgan fingerprint density at radius 3 is 2.75 bits per heavy atom. The van der Waals surface area contributed by atoms with E-state index in [0.29, 0.717) is 18.5 Å². The summed E-state index contributed by atoms with van der Waals surface area (Å²) in [7, 11) is 0. The van der Waals surface area contributed by atoms with Gasteiger partial charge in [-0.25, -0.2) is 0 Å². The lowest BCUT2D eigenvalue weighted by molar-refractivity contribution is -0.118. The minimum atomic E-state index is -0.0417. The molecule has 2 N–H and O–H groups in total. The number of hydrogen-bond acceptors (Lipinski definition) is 6. The molecule has 7 nitrogen and oxygen atoms in total. The van der Waals surface area contributed by atoms with Crippen molar-refractivity contribution in [3.05, 3.63) is 11.8 Å². The molecule has 110 valence electrons. The fourth-order valence-corrected chi connectivity index (χ4v) is 2.62. The Balaban J connectivity index is 1.41. The third-order valence-electron chi connectivity index (χ3n) is 3.94. The van der Waals surface area contributed by atoms with Crippen LogP contribution in [0.1, 0.15) is 5.69 Å². The normalized spacial score (nSPS) is 21.6. The van der Waals surface area contributed by atoms with Crippen molar-refractivity contribution < 1.29 is 9.32 Å². The van der Waals surface area contributed by atoms with E-state index < -0.39 is 0 Å². The van der Waals surface area contributed by atoms with E-state index in [1.54, 1.807) is 6.07 Å². The first-order chi connectivity index (χ1) is 9.70. The Morgan fingerprint density at radius 1 is 1.45 bits per heavy atom. The second kappa shape index (κ2) is 5.90. The maximum atomic E-state index is 11.9. The van der Waals surface area contributed by atoms with Crippen molar-refractivity contribution in [3.8, 4) is 0 Å². The number of amides is 1. The molecule has 2 aliphatic rings. The number of anilines is 1. The summed E-state index contributed by atoms with van der Waals surface area (Å²) in [6.07, 6.45) is 0. The molecule has 0 aromatic carbocycles. The van der Waals surface area contributed by atoms with Gasteiger partial charge in [-0.05, 0) is 6.92 Å². The van der Waals surface area contributed by atoms with Crippen molar-refractivity contribution in [1.82, 2.24) is 20.3 Å². The molecule has 0 saturated carbocycles. The summed E-state index contributed by atoms with van der Waals surface area (Å²) in [6, 6.07) is 2.42. The first-order valence-electron chi connectivity index (χ1n) is 7.11. The minimum Gasteiger partial charge on any atom is -0.338 e. The van der Waals surface area contributed by atoms with Crippen molar-refractivity contribution in [2.45, 2.75) is 13.0 Å². The lowest BCUT2D eigenvalue weighted by Crippen LogP contribution is -2.61. The summed E-state index contributed by atoms with van der Waals surface area (Å²) >= 11 is 0. The predicted octanol–water partition coefficient (Wildman–Crippen LogP) is -0.489. The van der Waals surface area contributed by atoms with Gasteiger partial charge in [0.2, 0.25) is 11.8 Å². The number of rotatable bonds is 4. The van der Waals surface area contributed by atoms with E-state index in [1.165, 1.54) is 0 Å². The van der Waals surface area contributed by atoms with Gasteiger partial charge in [0.15, 0.2) is 0 Å². The number of hydrogen-bond donors (Lipinski definition) is 2. The van der Waals surface area contributed by atoms with Crippen molar-refractivity contribution >= 4 is 11.8 Å². The van der Waals surface area contributed by atoms with E-state index in [2.05, 4.69) is 25.6 Å². The van der Waals surface area contributed by atoms with Crippen LogP contribution in [0.25, 0.3) is 0 Å². The number of aromatic nitrogens is 1. The molecule has 0 aliphatic carbocycles. The molecule has 1 amide bonds. The lowest BCUT2D eigenvalue weighted by Gasteiger charge is -2.43. The number of carbonyl (C=O) groups excluding carboxylic acids is 1. The van der Waals surface area contributed by atoms with Gasteiger partial charge in [0, 0.05) is 51.4 Å². The Hall–Kier alpha value is -1.44. The highest BCUT2D eigenvalue weighted by Gasteiger charge is 2.28. The molecule has 0 bridgehead atoms. The minimum absolute atomic E-state index is 0.0417. The maximum absolute atomic E-state index is 11.9. The first-order valence-corrected chi connectivity index (χ1v) is 7.11. The zero-order valence-corrected chi connectivity index (χ0v) is 11.8. The maximum Gasteiger partial charge on any atom is 0.240 e. The van der Waals surface area contributed by atoms with Gasteiger partial charge in [-0.1, -0.05) is 5.16 Å². The van der Waals surface area contributed by atoms with Crippen LogP contribution in [-0.2, 0) is 4.79 Å². The average Bonchev–Trinajstić information content (AvgIpc) is 2.75. The number of nitrogens with zero attached hydrogens (tertiary/aromatic N) is 3. The van der Waals surface area contributed by atoms with Crippen LogP contribution in [0.3, 0.4) is 0 Å². The van der Waals surface area contributed by atoms with Crippen LogP contribution in [0.4, 0.5) is 5.88 Å². The Morgan fingerprint density at radius 2 is 2.20 bits per heavy atom. The molecular weight excluding hydrogens is 258 g/mol. The lowest BCUT2D eigenvalue weighted by atomic mass is 10.1. The molecule has 3 rings (SSSR count). The number of carbonyl (C=O) groups is 1. The van der Waals surface area contributed by atoms with E-state index in [4.69, 9.17) is 4.52 Å². The summed E-state index contributed by atoms with van der Waals surface area (Å²) in [5, 5.41) is 9.77. The topological polar surface area (TPSA) is 73.6 Å². The van der Waals surface area contributed by atoms with E-state index in [9.17, 15) is 4.79 Å². The van der Waals surface area contributed by atoms with Crippen molar-refractivity contribution in [2.24, 2.45) is 0 Å². The molecule has 1 aromatic heterocycles. The Labute approximate surface area is 118 Å².